The predicted octanol–water partition coefficient (Wildman–Crippen LogP) is 4.13. The number of carbonyl (C=O) groups is 1. The van der Waals surface area contributed by atoms with Gasteiger partial charge in [-0.2, -0.15) is 0 Å². The molecule has 2 heterocycles. The number of aromatic nitrogens is 1. The third-order valence-electron chi connectivity index (χ3n) is 5.70. The number of rotatable bonds is 6. The molecule has 3 N–H and O–H groups in total. The van der Waals surface area contributed by atoms with Crippen LogP contribution in [-0.2, 0) is 17.8 Å². The third-order valence-corrected chi connectivity index (χ3v) is 5.70. The van der Waals surface area contributed by atoms with Crippen molar-refractivity contribution in [2.24, 2.45) is 4.99 Å². The van der Waals surface area contributed by atoms with Crippen molar-refractivity contribution < 1.29 is 4.79 Å². The summed E-state index contributed by atoms with van der Waals surface area (Å²) < 4.78 is 0. The highest BCUT2D eigenvalue weighted by atomic mass is 127. The van der Waals surface area contributed by atoms with Crippen LogP contribution in [0.2, 0.25) is 0 Å². The van der Waals surface area contributed by atoms with E-state index in [1.165, 1.54) is 22.0 Å². The molecule has 4 rings (SSSR count). The summed E-state index contributed by atoms with van der Waals surface area (Å²) in [5, 5.41) is 8.04. The van der Waals surface area contributed by atoms with Crippen molar-refractivity contribution in [3.63, 3.8) is 0 Å². The van der Waals surface area contributed by atoms with E-state index in [-0.39, 0.29) is 29.9 Å². The fourth-order valence-corrected chi connectivity index (χ4v) is 4.01. The lowest BCUT2D eigenvalue weighted by Crippen LogP contribution is -2.37. The van der Waals surface area contributed by atoms with Crippen LogP contribution >= 0.6 is 24.0 Å². The normalized spacial score (nSPS) is 14.1. The Kier molecular flexibility index (Phi) is 7.95. The van der Waals surface area contributed by atoms with Crippen LogP contribution in [0, 0.1) is 6.92 Å². The molecular formula is C24H30IN5O. The number of anilines is 1. The van der Waals surface area contributed by atoms with E-state index in [1.807, 2.05) is 17.0 Å². The molecule has 7 heteroatoms. The molecule has 0 atom stereocenters. The number of aromatic amines is 1. The zero-order chi connectivity index (χ0) is 20.9. The van der Waals surface area contributed by atoms with Gasteiger partial charge in [0.2, 0.25) is 5.91 Å². The maximum absolute atomic E-state index is 11.9. The Morgan fingerprint density at radius 1 is 1.16 bits per heavy atom. The highest BCUT2D eigenvalue weighted by Gasteiger charge is 2.21. The quantitative estimate of drug-likeness (QED) is 0.255. The first kappa shape index (κ1) is 23.1. The number of carbonyl (C=O) groups excluding carboxylic acids is 1. The van der Waals surface area contributed by atoms with Crippen LogP contribution in [0.25, 0.3) is 10.9 Å². The molecule has 1 aliphatic heterocycles. The van der Waals surface area contributed by atoms with Gasteiger partial charge in [-0.25, -0.2) is 0 Å². The summed E-state index contributed by atoms with van der Waals surface area (Å²) in [5.41, 5.74) is 5.93. The number of aryl methyl sites for hydroxylation is 1. The molecular weight excluding hydrogens is 501 g/mol. The third kappa shape index (κ3) is 5.39. The molecule has 3 aromatic rings. The summed E-state index contributed by atoms with van der Waals surface area (Å²) >= 11 is 0. The van der Waals surface area contributed by atoms with Crippen LogP contribution in [-0.4, -0.2) is 37.0 Å². The van der Waals surface area contributed by atoms with Crippen LogP contribution in [0.5, 0.6) is 0 Å². The standard InChI is InChI=1S/C24H29N5O.HI/c1-17-5-3-6-21-19(16-27-23(17)21)12-13-26-24(25-2)28-15-18-8-10-20(11-9-18)29-14-4-7-22(29)30;/h3,5-6,8-11,16,27H,4,7,12-15H2,1-2H3,(H2,25,26,28);1H. The molecule has 31 heavy (non-hydrogen) atoms. The number of nitrogens with zero attached hydrogens (tertiary/aromatic N) is 2. The molecule has 6 nitrogen and oxygen atoms in total. The summed E-state index contributed by atoms with van der Waals surface area (Å²) in [5.74, 6) is 1.00. The summed E-state index contributed by atoms with van der Waals surface area (Å²) in [7, 11) is 1.78. The van der Waals surface area contributed by atoms with E-state index in [0.29, 0.717) is 13.0 Å². The Morgan fingerprint density at radius 3 is 2.68 bits per heavy atom. The van der Waals surface area contributed by atoms with E-state index < -0.39 is 0 Å². The summed E-state index contributed by atoms with van der Waals surface area (Å²) in [6.45, 7) is 4.43. The molecule has 164 valence electrons. The lowest BCUT2D eigenvalue weighted by atomic mass is 10.1. The van der Waals surface area contributed by atoms with E-state index >= 15 is 0 Å². The highest BCUT2D eigenvalue weighted by molar-refractivity contribution is 14.0. The summed E-state index contributed by atoms with van der Waals surface area (Å²) in [4.78, 5) is 21.4. The average Bonchev–Trinajstić information content (AvgIpc) is 3.38. The molecule has 1 aliphatic rings. The minimum Gasteiger partial charge on any atom is -0.361 e. The van der Waals surface area contributed by atoms with Crippen LogP contribution in [0.1, 0.15) is 29.5 Å². The topological polar surface area (TPSA) is 72.5 Å². The van der Waals surface area contributed by atoms with Gasteiger partial charge in [0, 0.05) is 55.9 Å². The number of benzene rings is 2. The number of aliphatic imine (C=N–C) groups is 1. The van der Waals surface area contributed by atoms with Crippen LogP contribution in [0.15, 0.2) is 53.7 Å². The maximum atomic E-state index is 11.9. The molecule has 0 unspecified atom stereocenters. The molecule has 0 bridgehead atoms. The van der Waals surface area contributed by atoms with Crippen molar-refractivity contribution in [3.8, 4) is 0 Å². The second-order valence-corrected chi connectivity index (χ2v) is 7.73. The number of hydrogen-bond donors (Lipinski definition) is 3. The largest absolute Gasteiger partial charge is 0.361 e. The van der Waals surface area contributed by atoms with Crippen molar-refractivity contribution in [1.29, 1.82) is 0 Å². The van der Waals surface area contributed by atoms with Gasteiger partial charge in [0.05, 0.1) is 0 Å². The van der Waals surface area contributed by atoms with Crippen molar-refractivity contribution >= 4 is 52.4 Å². The smallest absolute Gasteiger partial charge is 0.227 e. The average molecular weight is 531 g/mol. The fraction of sp³-hybridized carbons (Fsp3) is 0.333. The zero-order valence-corrected chi connectivity index (χ0v) is 20.4. The highest BCUT2D eigenvalue weighted by Crippen LogP contribution is 2.22. The maximum Gasteiger partial charge on any atom is 0.227 e. The number of hydrogen-bond acceptors (Lipinski definition) is 2. The monoisotopic (exact) mass is 531 g/mol. The van der Waals surface area contributed by atoms with Gasteiger partial charge in [-0.3, -0.25) is 9.79 Å². The molecule has 0 spiro atoms. The van der Waals surface area contributed by atoms with Gasteiger partial charge in [-0.05, 0) is 48.6 Å². The number of amides is 1. The summed E-state index contributed by atoms with van der Waals surface area (Å²) in [6.07, 6.45) is 4.62. The molecule has 1 amide bonds. The SMILES string of the molecule is CN=C(NCCc1c[nH]c2c(C)cccc12)NCc1ccc(N2CCCC2=O)cc1.I. The number of nitrogens with one attached hydrogen (secondary N) is 3. The number of guanidine groups is 1. The van der Waals surface area contributed by atoms with E-state index in [9.17, 15) is 4.79 Å². The van der Waals surface area contributed by atoms with Crippen molar-refractivity contribution in [3.05, 3.63) is 65.4 Å². The Hall–Kier alpha value is -2.55. The van der Waals surface area contributed by atoms with E-state index in [0.717, 1.165) is 43.1 Å². The molecule has 1 fully saturated rings. The Labute approximate surface area is 200 Å². The van der Waals surface area contributed by atoms with Gasteiger partial charge in [0.15, 0.2) is 5.96 Å². The lowest BCUT2D eigenvalue weighted by Gasteiger charge is -2.16. The minimum atomic E-state index is 0. The van der Waals surface area contributed by atoms with Gasteiger partial charge >= 0.3 is 0 Å². The van der Waals surface area contributed by atoms with E-state index in [4.69, 9.17) is 0 Å². The Bertz CT molecular complexity index is 1060. The van der Waals surface area contributed by atoms with Crippen molar-refractivity contribution in [2.45, 2.75) is 32.7 Å². The fourth-order valence-electron chi connectivity index (χ4n) is 4.01. The van der Waals surface area contributed by atoms with Gasteiger partial charge in [-0.15, -0.1) is 24.0 Å². The van der Waals surface area contributed by atoms with Gasteiger partial charge in [0.25, 0.3) is 0 Å². The second kappa shape index (κ2) is 10.7. The molecule has 1 saturated heterocycles. The number of fused-ring (bicyclic) bond motifs is 1. The lowest BCUT2D eigenvalue weighted by molar-refractivity contribution is -0.117. The summed E-state index contributed by atoms with van der Waals surface area (Å²) in [6, 6.07) is 14.6. The Morgan fingerprint density at radius 2 is 1.97 bits per heavy atom. The zero-order valence-electron chi connectivity index (χ0n) is 18.1. The van der Waals surface area contributed by atoms with Crippen LogP contribution < -0.4 is 15.5 Å². The van der Waals surface area contributed by atoms with E-state index in [1.54, 1.807) is 7.05 Å². The number of para-hydroxylation sites is 1. The van der Waals surface area contributed by atoms with E-state index in [2.05, 4.69) is 64.1 Å². The number of halogens is 1. The second-order valence-electron chi connectivity index (χ2n) is 7.73. The molecule has 1 aromatic heterocycles. The first-order valence-corrected chi connectivity index (χ1v) is 10.5. The van der Waals surface area contributed by atoms with Gasteiger partial charge in [-0.1, -0.05) is 30.3 Å². The first-order valence-electron chi connectivity index (χ1n) is 10.5. The minimum absolute atomic E-state index is 0. The molecule has 2 aromatic carbocycles. The van der Waals surface area contributed by atoms with Gasteiger partial charge in [0.1, 0.15) is 0 Å². The molecule has 0 saturated carbocycles. The predicted molar refractivity (Wildman–Crippen MR) is 138 cm³/mol. The number of H-pyrrole nitrogens is 1. The molecule has 0 radical (unpaired) electrons. The van der Waals surface area contributed by atoms with Crippen molar-refractivity contribution in [2.75, 3.05) is 25.0 Å². The van der Waals surface area contributed by atoms with Crippen LogP contribution in [0.4, 0.5) is 5.69 Å². The van der Waals surface area contributed by atoms with Gasteiger partial charge < -0.3 is 20.5 Å². The van der Waals surface area contributed by atoms with Crippen molar-refractivity contribution in [1.82, 2.24) is 15.6 Å². The first-order chi connectivity index (χ1) is 14.7. The Balaban J connectivity index is 0.00000272. The van der Waals surface area contributed by atoms with Crippen LogP contribution in [0.3, 0.4) is 0 Å². The molecule has 0 aliphatic carbocycles.